The number of carbonyl (C=O) groups excluding carboxylic acids is 2. The zero-order valence-electron chi connectivity index (χ0n) is 17.8. The van der Waals surface area contributed by atoms with Crippen molar-refractivity contribution in [3.8, 4) is 0 Å². The van der Waals surface area contributed by atoms with Crippen LogP contribution < -0.4 is 10.6 Å². The standard InChI is InChI=1S/C22H25F2N3O4S/c1-14-6-7-16(13-19(14)32(30,31)27-10-4-3-5-11-27)21(28)26-20(22(29)25-2)15-8-9-17(23)18(24)12-15/h6-9,12-13,20H,3-5,10-11H2,1-2H3,(H,25,29)(H,26,28). The van der Waals surface area contributed by atoms with Crippen molar-refractivity contribution in [3.05, 3.63) is 64.7 Å². The van der Waals surface area contributed by atoms with E-state index in [0.29, 0.717) is 18.7 Å². The van der Waals surface area contributed by atoms with Crippen LogP contribution in [0.5, 0.6) is 0 Å². The van der Waals surface area contributed by atoms with E-state index in [1.807, 2.05) is 0 Å². The van der Waals surface area contributed by atoms with Crippen molar-refractivity contribution in [2.24, 2.45) is 0 Å². The number of halogens is 2. The Kier molecular flexibility index (Phi) is 7.25. The van der Waals surface area contributed by atoms with E-state index in [1.165, 1.54) is 35.6 Å². The molecule has 1 atom stereocenters. The molecule has 1 aliphatic rings. The van der Waals surface area contributed by atoms with Crippen molar-refractivity contribution in [1.29, 1.82) is 0 Å². The van der Waals surface area contributed by atoms with Gasteiger partial charge in [0.05, 0.1) is 4.90 Å². The molecule has 0 aromatic heterocycles. The fraction of sp³-hybridized carbons (Fsp3) is 0.364. The number of likely N-dealkylation sites (N-methyl/N-ethyl adjacent to an activating group) is 1. The molecule has 32 heavy (non-hydrogen) atoms. The van der Waals surface area contributed by atoms with E-state index in [9.17, 15) is 26.8 Å². The molecular formula is C22H25F2N3O4S. The van der Waals surface area contributed by atoms with Crippen LogP contribution in [0, 0.1) is 18.6 Å². The first kappa shape index (κ1) is 23.8. The molecule has 1 heterocycles. The van der Waals surface area contributed by atoms with Crippen molar-refractivity contribution in [2.45, 2.75) is 37.1 Å². The van der Waals surface area contributed by atoms with Gasteiger partial charge in [0.1, 0.15) is 6.04 Å². The molecule has 172 valence electrons. The van der Waals surface area contributed by atoms with Gasteiger partial charge in [-0.05, 0) is 55.2 Å². The van der Waals surface area contributed by atoms with Crippen LogP contribution >= 0.6 is 0 Å². The third kappa shape index (κ3) is 4.97. The van der Waals surface area contributed by atoms with Crippen LogP contribution in [0.4, 0.5) is 8.78 Å². The van der Waals surface area contributed by atoms with Gasteiger partial charge in [0.2, 0.25) is 15.9 Å². The summed E-state index contributed by atoms with van der Waals surface area (Å²) in [5, 5.41) is 4.85. The zero-order chi connectivity index (χ0) is 23.5. The first-order valence-electron chi connectivity index (χ1n) is 10.2. The van der Waals surface area contributed by atoms with E-state index in [0.717, 1.165) is 31.4 Å². The van der Waals surface area contributed by atoms with Gasteiger partial charge < -0.3 is 10.6 Å². The summed E-state index contributed by atoms with van der Waals surface area (Å²) in [6.07, 6.45) is 2.53. The summed E-state index contributed by atoms with van der Waals surface area (Å²) in [6.45, 7) is 2.49. The Hall–Kier alpha value is -2.85. The molecule has 2 aromatic rings. The molecule has 1 aliphatic heterocycles. The molecule has 1 saturated heterocycles. The van der Waals surface area contributed by atoms with Crippen LogP contribution in [0.2, 0.25) is 0 Å². The highest BCUT2D eigenvalue weighted by Crippen LogP contribution is 2.25. The van der Waals surface area contributed by atoms with Crippen molar-refractivity contribution in [1.82, 2.24) is 14.9 Å². The first-order valence-corrected chi connectivity index (χ1v) is 11.7. The SMILES string of the molecule is CNC(=O)C(NC(=O)c1ccc(C)c(S(=O)(=O)N2CCCCC2)c1)c1ccc(F)c(F)c1. The fourth-order valence-electron chi connectivity index (χ4n) is 3.61. The number of hydrogen-bond donors (Lipinski definition) is 2. The van der Waals surface area contributed by atoms with Gasteiger partial charge in [0.15, 0.2) is 11.6 Å². The predicted molar refractivity (Wildman–Crippen MR) is 114 cm³/mol. The highest BCUT2D eigenvalue weighted by Gasteiger charge is 2.29. The minimum atomic E-state index is -3.78. The maximum absolute atomic E-state index is 13.7. The number of hydrogen-bond acceptors (Lipinski definition) is 4. The second-order valence-electron chi connectivity index (χ2n) is 7.64. The highest BCUT2D eigenvalue weighted by atomic mass is 32.2. The Bertz CT molecular complexity index is 1130. The zero-order valence-corrected chi connectivity index (χ0v) is 18.6. The van der Waals surface area contributed by atoms with Crippen molar-refractivity contribution in [2.75, 3.05) is 20.1 Å². The second-order valence-corrected chi connectivity index (χ2v) is 9.55. The molecular weight excluding hydrogens is 440 g/mol. The molecule has 7 nitrogen and oxygen atoms in total. The monoisotopic (exact) mass is 465 g/mol. The quantitative estimate of drug-likeness (QED) is 0.686. The Morgan fingerprint density at radius 2 is 1.69 bits per heavy atom. The molecule has 0 spiro atoms. The van der Waals surface area contributed by atoms with Crippen molar-refractivity contribution >= 4 is 21.8 Å². The summed E-state index contributed by atoms with van der Waals surface area (Å²) in [4.78, 5) is 25.2. The van der Waals surface area contributed by atoms with Gasteiger partial charge in [0, 0.05) is 25.7 Å². The van der Waals surface area contributed by atoms with Crippen LogP contribution in [0.3, 0.4) is 0 Å². The molecule has 3 rings (SSSR count). The van der Waals surface area contributed by atoms with Gasteiger partial charge in [-0.15, -0.1) is 0 Å². The van der Waals surface area contributed by atoms with E-state index >= 15 is 0 Å². The molecule has 0 aliphatic carbocycles. The number of carbonyl (C=O) groups is 2. The Morgan fingerprint density at radius 3 is 2.31 bits per heavy atom. The normalized spacial score (nSPS) is 15.8. The van der Waals surface area contributed by atoms with E-state index in [1.54, 1.807) is 6.92 Å². The molecule has 2 N–H and O–H groups in total. The number of nitrogens with one attached hydrogen (secondary N) is 2. The maximum Gasteiger partial charge on any atom is 0.252 e. The summed E-state index contributed by atoms with van der Waals surface area (Å²) < 4.78 is 54.6. The average molecular weight is 466 g/mol. The number of nitrogens with zero attached hydrogens (tertiary/aromatic N) is 1. The van der Waals surface area contributed by atoms with E-state index in [4.69, 9.17) is 0 Å². The minimum absolute atomic E-state index is 0.0244. The smallest absolute Gasteiger partial charge is 0.252 e. The van der Waals surface area contributed by atoms with Gasteiger partial charge >= 0.3 is 0 Å². The second kappa shape index (κ2) is 9.74. The Balaban J connectivity index is 1.91. The molecule has 0 radical (unpaired) electrons. The third-order valence-electron chi connectivity index (χ3n) is 5.44. The topological polar surface area (TPSA) is 95.6 Å². The average Bonchev–Trinajstić information content (AvgIpc) is 2.79. The largest absolute Gasteiger partial charge is 0.357 e. The van der Waals surface area contributed by atoms with Gasteiger partial charge in [-0.1, -0.05) is 18.6 Å². The number of piperidine rings is 1. The summed E-state index contributed by atoms with van der Waals surface area (Å²) in [7, 11) is -2.43. The molecule has 10 heteroatoms. The lowest BCUT2D eigenvalue weighted by Crippen LogP contribution is -2.39. The highest BCUT2D eigenvalue weighted by molar-refractivity contribution is 7.89. The summed E-state index contributed by atoms with van der Waals surface area (Å²) >= 11 is 0. The lowest BCUT2D eigenvalue weighted by Gasteiger charge is -2.26. The number of amides is 2. The van der Waals surface area contributed by atoms with Crippen LogP contribution in [-0.2, 0) is 14.8 Å². The fourth-order valence-corrected chi connectivity index (χ4v) is 5.38. The summed E-state index contributed by atoms with van der Waals surface area (Å²) in [6, 6.07) is 5.84. The van der Waals surface area contributed by atoms with Crippen LogP contribution in [0.15, 0.2) is 41.3 Å². The third-order valence-corrected chi connectivity index (χ3v) is 7.48. The maximum atomic E-state index is 13.7. The van der Waals surface area contributed by atoms with Gasteiger partial charge in [-0.3, -0.25) is 9.59 Å². The minimum Gasteiger partial charge on any atom is -0.357 e. The molecule has 1 fully saturated rings. The van der Waals surface area contributed by atoms with E-state index in [2.05, 4.69) is 10.6 Å². The Morgan fingerprint density at radius 1 is 1.00 bits per heavy atom. The molecule has 1 unspecified atom stereocenters. The lowest BCUT2D eigenvalue weighted by atomic mass is 10.0. The number of sulfonamides is 1. The summed E-state index contributed by atoms with van der Waals surface area (Å²) in [5.41, 5.74) is 0.572. The molecule has 2 amide bonds. The number of aryl methyl sites for hydroxylation is 1. The first-order chi connectivity index (χ1) is 15.1. The predicted octanol–water partition coefficient (Wildman–Crippen LogP) is 2.66. The van der Waals surface area contributed by atoms with Crippen molar-refractivity contribution < 1.29 is 26.8 Å². The van der Waals surface area contributed by atoms with E-state index in [-0.39, 0.29) is 16.0 Å². The summed E-state index contributed by atoms with van der Waals surface area (Å²) in [5.74, 6) is -3.60. The molecule has 0 bridgehead atoms. The Labute approximate surface area is 185 Å². The van der Waals surface area contributed by atoms with Crippen LogP contribution in [-0.4, -0.2) is 44.7 Å². The van der Waals surface area contributed by atoms with Crippen LogP contribution in [0.1, 0.15) is 46.8 Å². The van der Waals surface area contributed by atoms with Gasteiger partial charge in [-0.2, -0.15) is 4.31 Å². The van der Waals surface area contributed by atoms with Gasteiger partial charge in [-0.25, -0.2) is 17.2 Å². The van der Waals surface area contributed by atoms with Crippen molar-refractivity contribution in [3.63, 3.8) is 0 Å². The van der Waals surface area contributed by atoms with Gasteiger partial charge in [0.25, 0.3) is 5.91 Å². The van der Waals surface area contributed by atoms with Crippen LogP contribution in [0.25, 0.3) is 0 Å². The lowest BCUT2D eigenvalue weighted by molar-refractivity contribution is -0.122. The molecule has 2 aromatic carbocycles. The van der Waals surface area contributed by atoms with E-state index < -0.39 is 39.5 Å². The number of rotatable bonds is 6. The number of benzene rings is 2. The molecule has 0 saturated carbocycles.